The smallest absolute Gasteiger partial charge is 0.275 e. The number of nitrogens with one attached hydrogen (secondary N) is 1. The van der Waals surface area contributed by atoms with Crippen LogP contribution in [0.3, 0.4) is 0 Å². The van der Waals surface area contributed by atoms with E-state index in [1.54, 1.807) is 12.1 Å². The maximum Gasteiger partial charge on any atom is 0.275 e. The molecule has 0 saturated carbocycles. The third-order valence-corrected chi connectivity index (χ3v) is 6.40. The highest BCUT2D eigenvalue weighted by atomic mass is 32.1. The molecule has 0 unspecified atom stereocenters. The molecule has 0 bridgehead atoms. The molecule has 9 heteroatoms. The Labute approximate surface area is 175 Å². The van der Waals surface area contributed by atoms with E-state index in [-0.39, 0.29) is 10.8 Å². The van der Waals surface area contributed by atoms with E-state index in [4.69, 9.17) is 0 Å². The van der Waals surface area contributed by atoms with Crippen molar-refractivity contribution in [3.05, 3.63) is 56.3 Å². The summed E-state index contributed by atoms with van der Waals surface area (Å²) in [5, 5.41) is 28.3. The fraction of sp³-hybridized carbons (Fsp3) is 0.286. The number of aromatic nitrogens is 2. The van der Waals surface area contributed by atoms with Gasteiger partial charge in [0.1, 0.15) is 23.3 Å². The number of hydrogen-bond donors (Lipinski definition) is 1. The summed E-state index contributed by atoms with van der Waals surface area (Å²) >= 11 is 1.38. The Hall–Kier alpha value is -3.51. The summed E-state index contributed by atoms with van der Waals surface area (Å²) in [4.78, 5) is 37.8. The van der Waals surface area contributed by atoms with E-state index in [1.165, 1.54) is 23.5 Å². The van der Waals surface area contributed by atoms with Gasteiger partial charge >= 0.3 is 0 Å². The van der Waals surface area contributed by atoms with Crippen LogP contribution in [0.1, 0.15) is 39.8 Å². The summed E-state index contributed by atoms with van der Waals surface area (Å²) in [5.41, 5.74) is 0.461. The molecule has 0 radical (unpaired) electrons. The highest BCUT2D eigenvalue weighted by molar-refractivity contribution is 7.16. The monoisotopic (exact) mass is 421 g/mol. The van der Waals surface area contributed by atoms with Crippen LogP contribution in [0.25, 0.3) is 10.8 Å². The zero-order chi connectivity index (χ0) is 21.4. The largest absolute Gasteiger partial charge is 0.543 e. The van der Waals surface area contributed by atoms with Gasteiger partial charge in [-0.2, -0.15) is 10.4 Å². The van der Waals surface area contributed by atoms with E-state index >= 15 is 0 Å². The lowest BCUT2D eigenvalue weighted by molar-refractivity contribution is -0.255. The van der Waals surface area contributed by atoms with Crippen LogP contribution in [-0.4, -0.2) is 21.7 Å². The summed E-state index contributed by atoms with van der Waals surface area (Å²) in [6.07, 6.45) is 2.66. The number of thiophene rings is 1. The predicted octanol–water partition coefficient (Wildman–Crippen LogP) is 1.46. The number of carboxylic acid groups (broad SMARTS) is 1. The van der Waals surface area contributed by atoms with Crippen molar-refractivity contribution in [3.8, 4) is 6.07 Å². The van der Waals surface area contributed by atoms with E-state index in [0.717, 1.165) is 34.4 Å². The van der Waals surface area contributed by atoms with Crippen molar-refractivity contribution in [2.45, 2.75) is 32.7 Å². The fourth-order valence-corrected chi connectivity index (χ4v) is 5.13. The molecule has 3 aromatic rings. The minimum absolute atomic E-state index is 0.137. The SMILES string of the molecule is C[C@H]1CCc2c(sc(NC(=O)Cn3nc(C(=O)[O-])c4ccccc4c3=O)c2C#N)C1. The number of aromatic carboxylic acids is 1. The lowest BCUT2D eigenvalue weighted by Crippen LogP contribution is -2.34. The highest BCUT2D eigenvalue weighted by Crippen LogP contribution is 2.39. The highest BCUT2D eigenvalue weighted by Gasteiger charge is 2.25. The Morgan fingerprint density at radius 3 is 2.80 bits per heavy atom. The molecule has 0 saturated heterocycles. The van der Waals surface area contributed by atoms with Gasteiger partial charge in [0.05, 0.1) is 16.9 Å². The average Bonchev–Trinajstić information content (AvgIpc) is 3.05. The zero-order valence-corrected chi connectivity index (χ0v) is 16.9. The van der Waals surface area contributed by atoms with Gasteiger partial charge < -0.3 is 15.2 Å². The number of rotatable bonds is 4. The Kier molecular flexibility index (Phi) is 5.10. The number of benzene rings is 1. The number of amides is 1. The van der Waals surface area contributed by atoms with Crippen molar-refractivity contribution >= 4 is 39.0 Å². The number of anilines is 1. The molecule has 1 aliphatic rings. The second kappa shape index (κ2) is 7.72. The van der Waals surface area contributed by atoms with Crippen molar-refractivity contribution in [3.63, 3.8) is 0 Å². The van der Waals surface area contributed by atoms with E-state index < -0.39 is 29.7 Å². The van der Waals surface area contributed by atoms with Crippen LogP contribution in [0.4, 0.5) is 5.00 Å². The molecule has 0 spiro atoms. The van der Waals surface area contributed by atoms with Crippen molar-refractivity contribution in [2.24, 2.45) is 5.92 Å². The first-order valence-corrected chi connectivity index (χ1v) is 10.3. The van der Waals surface area contributed by atoms with Crippen LogP contribution in [0.5, 0.6) is 0 Å². The number of nitrogens with zero attached hydrogens (tertiary/aromatic N) is 3. The van der Waals surface area contributed by atoms with Crippen LogP contribution >= 0.6 is 11.3 Å². The second-order valence-electron chi connectivity index (χ2n) is 7.36. The number of carboxylic acids is 1. The Morgan fingerprint density at radius 2 is 2.10 bits per heavy atom. The summed E-state index contributed by atoms with van der Waals surface area (Å²) in [7, 11) is 0. The minimum atomic E-state index is -1.54. The fourth-order valence-electron chi connectivity index (χ4n) is 3.75. The average molecular weight is 421 g/mol. The molecule has 1 aliphatic carbocycles. The van der Waals surface area contributed by atoms with Crippen LogP contribution in [0, 0.1) is 17.2 Å². The number of carbonyl (C=O) groups is 2. The molecule has 0 aliphatic heterocycles. The number of nitriles is 1. The molecule has 152 valence electrons. The Bertz CT molecular complexity index is 1280. The van der Waals surface area contributed by atoms with Gasteiger partial charge in [-0.1, -0.05) is 25.1 Å². The molecule has 1 N–H and O–H groups in total. The molecule has 1 aromatic carbocycles. The maximum absolute atomic E-state index is 12.7. The van der Waals surface area contributed by atoms with Gasteiger partial charge in [-0.15, -0.1) is 11.3 Å². The van der Waals surface area contributed by atoms with Gasteiger partial charge in [0.15, 0.2) is 0 Å². The molecule has 1 atom stereocenters. The molecule has 2 aromatic heterocycles. The van der Waals surface area contributed by atoms with E-state index in [9.17, 15) is 24.8 Å². The van der Waals surface area contributed by atoms with Gasteiger partial charge in [-0.3, -0.25) is 9.59 Å². The second-order valence-corrected chi connectivity index (χ2v) is 8.47. The van der Waals surface area contributed by atoms with Crippen molar-refractivity contribution in [1.82, 2.24) is 9.78 Å². The minimum Gasteiger partial charge on any atom is -0.543 e. The molecule has 4 rings (SSSR count). The van der Waals surface area contributed by atoms with Crippen LogP contribution in [0.2, 0.25) is 0 Å². The summed E-state index contributed by atoms with van der Waals surface area (Å²) in [6.45, 7) is 1.67. The molecular weight excluding hydrogens is 404 g/mol. The first-order chi connectivity index (χ1) is 14.4. The Balaban J connectivity index is 1.65. The maximum atomic E-state index is 12.7. The van der Waals surface area contributed by atoms with Crippen molar-refractivity contribution in [2.75, 3.05) is 5.32 Å². The number of hydrogen-bond acceptors (Lipinski definition) is 7. The van der Waals surface area contributed by atoms with Gasteiger partial charge in [-0.25, -0.2) is 4.68 Å². The third kappa shape index (κ3) is 3.46. The standard InChI is InChI=1S/C21H18N4O4S/c1-11-6-7-12-15(9-22)19(30-16(12)8-11)23-17(26)10-25-20(27)14-5-3-2-4-13(14)18(24-25)21(28)29/h2-5,11H,6-8,10H2,1H3,(H,23,26)(H,28,29)/p-1/t11-/m0/s1. The van der Waals surface area contributed by atoms with Gasteiger partial charge in [0.2, 0.25) is 5.91 Å². The lowest BCUT2D eigenvalue weighted by Gasteiger charge is -2.17. The van der Waals surface area contributed by atoms with Crippen LogP contribution < -0.4 is 16.0 Å². The molecule has 8 nitrogen and oxygen atoms in total. The Morgan fingerprint density at radius 1 is 1.37 bits per heavy atom. The quantitative estimate of drug-likeness (QED) is 0.679. The number of fused-ring (bicyclic) bond motifs is 2. The van der Waals surface area contributed by atoms with Gasteiger partial charge in [0.25, 0.3) is 5.56 Å². The van der Waals surface area contributed by atoms with Crippen molar-refractivity contribution < 1.29 is 14.7 Å². The molecule has 1 amide bonds. The summed E-state index contributed by atoms with van der Waals surface area (Å²) < 4.78 is 0.810. The summed E-state index contributed by atoms with van der Waals surface area (Å²) in [5.74, 6) is -1.57. The lowest BCUT2D eigenvalue weighted by atomic mass is 9.89. The molecule has 2 heterocycles. The summed E-state index contributed by atoms with van der Waals surface area (Å²) in [6, 6.07) is 8.31. The third-order valence-electron chi connectivity index (χ3n) is 5.23. The number of carbonyl (C=O) groups excluding carboxylic acids is 2. The molecule has 30 heavy (non-hydrogen) atoms. The van der Waals surface area contributed by atoms with Gasteiger partial charge in [0, 0.05) is 10.3 Å². The van der Waals surface area contributed by atoms with E-state index in [0.29, 0.717) is 16.5 Å². The van der Waals surface area contributed by atoms with Crippen molar-refractivity contribution in [1.29, 1.82) is 5.26 Å². The van der Waals surface area contributed by atoms with E-state index in [2.05, 4.69) is 23.4 Å². The normalized spacial score (nSPS) is 15.4. The first-order valence-electron chi connectivity index (χ1n) is 9.44. The molecule has 0 fully saturated rings. The van der Waals surface area contributed by atoms with Crippen LogP contribution in [0.15, 0.2) is 29.1 Å². The topological polar surface area (TPSA) is 128 Å². The van der Waals surface area contributed by atoms with E-state index in [1.807, 2.05) is 0 Å². The van der Waals surface area contributed by atoms with Crippen LogP contribution in [-0.2, 0) is 24.2 Å². The predicted molar refractivity (Wildman–Crippen MR) is 109 cm³/mol. The zero-order valence-electron chi connectivity index (χ0n) is 16.1. The first kappa shape index (κ1) is 19.8. The molecular formula is C21H17N4O4S-. The van der Waals surface area contributed by atoms with Gasteiger partial charge in [-0.05, 0) is 36.8 Å².